The first-order chi connectivity index (χ1) is 8.87. The van der Waals surface area contributed by atoms with Crippen LogP contribution in [0.3, 0.4) is 0 Å². The second kappa shape index (κ2) is 6.53. The molecule has 0 aliphatic heterocycles. The number of ether oxygens (including phenoxy) is 1. The maximum Gasteiger partial charge on any atom is 0.408 e. The van der Waals surface area contributed by atoms with Crippen LogP contribution in [0.1, 0.15) is 32.5 Å². The number of nitrogens with two attached hydrogens (primary N) is 1. The monoisotopic (exact) mass is 270 g/mol. The molecular weight excluding hydrogens is 248 g/mol. The number of aliphatic hydroxyl groups is 1. The van der Waals surface area contributed by atoms with Crippen molar-refractivity contribution in [3.8, 4) is 0 Å². The van der Waals surface area contributed by atoms with Gasteiger partial charge in [-0.3, -0.25) is 0 Å². The van der Waals surface area contributed by atoms with Gasteiger partial charge in [-0.1, -0.05) is 0 Å². The van der Waals surface area contributed by atoms with Crippen LogP contribution in [0, 0.1) is 0 Å². The fourth-order valence-corrected chi connectivity index (χ4v) is 1.61. The van der Waals surface area contributed by atoms with Gasteiger partial charge in [0.05, 0.1) is 30.9 Å². The molecule has 1 unspecified atom stereocenters. The predicted octanol–water partition coefficient (Wildman–Crippen LogP) is 0.400. The van der Waals surface area contributed by atoms with Crippen molar-refractivity contribution < 1.29 is 14.6 Å². The zero-order valence-corrected chi connectivity index (χ0v) is 11.6. The Labute approximate surface area is 112 Å². The summed E-state index contributed by atoms with van der Waals surface area (Å²) in [4.78, 5) is 15.7. The van der Waals surface area contributed by atoms with Gasteiger partial charge in [-0.05, 0) is 20.8 Å². The highest BCUT2D eigenvalue weighted by Gasteiger charge is 2.22. The Kier molecular flexibility index (Phi) is 5.31. The van der Waals surface area contributed by atoms with E-state index < -0.39 is 17.7 Å². The summed E-state index contributed by atoms with van der Waals surface area (Å²) in [5, 5.41) is 12.0. The van der Waals surface area contributed by atoms with Crippen LogP contribution in [0.25, 0.3) is 0 Å². The minimum absolute atomic E-state index is 0.241. The molecule has 19 heavy (non-hydrogen) atoms. The first-order valence-corrected chi connectivity index (χ1v) is 6.18. The summed E-state index contributed by atoms with van der Waals surface area (Å²) in [7, 11) is 0. The van der Waals surface area contributed by atoms with E-state index >= 15 is 0 Å². The van der Waals surface area contributed by atoms with Crippen LogP contribution in [0.2, 0.25) is 0 Å². The maximum absolute atomic E-state index is 11.7. The molecule has 108 valence electrons. The van der Waals surface area contributed by atoms with Crippen LogP contribution in [0.4, 0.5) is 4.79 Å². The summed E-state index contributed by atoms with van der Waals surface area (Å²) in [6.45, 7) is 6.11. The molecule has 0 spiro atoms. The van der Waals surface area contributed by atoms with Gasteiger partial charge in [0.2, 0.25) is 0 Å². The minimum Gasteiger partial charge on any atom is -0.444 e. The van der Waals surface area contributed by atoms with Crippen LogP contribution >= 0.6 is 0 Å². The first-order valence-electron chi connectivity index (χ1n) is 6.18. The Bertz CT molecular complexity index is 411. The maximum atomic E-state index is 11.7. The number of aromatic nitrogens is 2. The highest BCUT2D eigenvalue weighted by atomic mass is 16.6. The van der Waals surface area contributed by atoms with Gasteiger partial charge in [-0.25, -0.2) is 9.78 Å². The summed E-state index contributed by atoms with van der Waals surface area (Å²) in [5.41, 5.74) is 5.60. The normalized spacial score (nSPS) is 13.1. The van der Waals surface area contributed by atoms with Crippen molar-refractivity contribution in [1.29, 1.82) is 0 Å². The van der Waals surface area contributed by atoms with E-state index in [1.165, 1.54) is 0 Å². The second-order valence-electron chi connectivity index (χ2n) is 5.18. The van der Waals surface area contributed by atoms with Gasteiger partial charge < -0.3 is 25.5 Å². The number of hydrogen-bond donors (Lipinski definition) is 3. The molecule has 0 fully saturated rings. The fourth-order valence-electron chi connectivity index (χ4n) is 1.61. The van der Waals surface area contributed by atoms with Gasteiger partial charge in [0, 0.05) is 13.1 Å². The lowest BCUT2D eigenvalue weighted by atomic mass is 10.2. The van der Waals surface area contributed by atoms with Crippen molar-refractivity contribution in [2.24, 2.45) is 5.73 Å². The Morgan fingerprint density at radius 3 is 2.84 bits per heavy atom. The second-order valence-corrected chi connectivity index (χ2v) is 5.18. The standard InChI is InChI=1S/C12H22N4O3/c1-12(2,3)19-11(18)15-9(7-17)10-6-14-8-16(10)5-4-13/h6,8-9,17H,4-5,7,13H2,1-3H3,(H,15,18). The minimum atomic E-state index is -0.582. The molecule has 7 heteroatoms. The van der Waals surface area contributed by atoms with Crippen LogP contribution in [0.15, 0.2) is 12.5 Å². The number of nitrogens with zero attached hydrogens (tertiary/aromatic N) is 2. The molecule has 1 rings (SSSR count). The Hall–Kier alpha value is -1.60. The van der Waals surface area contributed by atoms with Crippen LogP contribution in [0.5, 0.6) is 0 Å². The van der Waals surface area contributed by atoms with E-state index in [2.05, 4.69) is 10.3 Å². The lowest BCUT2D eigenvalue weighted by molar-refractivity contribution is 0.0479. The highest BCUT2D eigenvalue weighted by molar-refractivity contribution is 5.68. The summed E-state index contributed by atoms with van der Waals surface area (Å²) in [5.74, 6) is 0. The molecule has 1 aromatic rings. The number of alkyl carbamates (subject to hydrolysis) is 1. The molecule has 1 amide bonds. The van der Waals surface area contributed by atoms with Gasteiger partial charge in [-0.15, -0.1) is 0 Å². The van der Waals surface area contributed by atoms with E-state index in [0.29, 0.717) is 18.8 Å². The molecule has 0 aliphatic rings. The summed E-state index contributed by atoms with van der Waals surface area (Å²) in [6.07, 6.45) is 2.63. The smallest absolute Gasteiger partial charge is 0.408 e. The van der Waals surface area contributed by atoms with Gasteiger partial charge in [0.15, 0.2) is 0 Å². The van der Waals surface area contributed by atoms with Gasteiger partial charge >= 0.3 is 6.09 Å². The molecule has 0 saturated carbocycles. The predicted molar refractivity (Wildman–Crippen MR) is 70.5 cm³/mol. The molecule has 1 aromatic heterocycles. The van der Waals surface area contributed by atoms with Crippen LogP contribution in [-0.2, 0) is 11.3 Å². The quantitative estimate of drug-likeness (QED) is 0.718. The third-order valence-corrected chi connectivity index (χ3v) is 2.35. The van der Waals surface area contributed by atoms with Gasteiger partial charge in [0.25, 0.3) is 0 Å². The van der Waals surface area contributed by atoms with Crippen molar-refractivity contribution in [2.45, 2.75) is 39.0 Å². The van der Waals surface area contributed by atoms with E-state index in [-0.39, 0.29) is 6.61 Å². The third kappa shape index (κ3) is 4.88. The Morgan fingerprint density at radius 1 is 1.63 bits per heavy atom. The van der Waals surface area contributed by atoms with Crippen molar-refractivity contribution in [3.05, 3.63) is 18.2 Å². The average Bonchev–Trinajstić information content (AvgIpc) is 2.72. The summed E-state index contributed by atoms with van der Waals surface area (Å²) >= 11 is 0. The molecule has 4 N–H and O–H groups in total. The summed E-state index contributed by atoms with van der Waals surface area (Å²) in [6, 6.07) is -0.566. The van der Waals surface area contributed by atoms with E-state index in [9.17, 15) is 9.90 Å². The van der Waals surface area contributed by atoms with E-state index in [0.717, 1.165) is 0 Å². The van der Waals surface area contributed by atoms with Crippen LogP contribution < -0.4 is 11.1 Å². The number of carbonyl (C=O) groups excluding carboxylic acids is 1. The zero-order chi connectivity index (χ0) is 14.5. The largest absolute Gasteiger partial charge is 0.444 e. The number of amides is 1. The van der Waals surface area contributed by atoms with Crippen molar-refractivity contribution in [2.75, 3.05) is 13.2 Å². The molecule has 1 heterocycles. The molecule has 0 aliphatic carbocycles. The molecule has 1 atom stereocenters. The zero-order valence-electron chi connectivity index (χ0n) is 11.6. The van der Waals surface area contributed by atoms with E-state index in [1.807, 2.05) is 0 Å². The molecule has 0 bridgehead atoms. The SMILES string of the molecule is CC(C)(C)OC(=O)NC(CO)c1cncn1CCN. The topological polar surface area (TPSA) is 102 Å². The lowest BCUT2D eigenvalue weighted by Crippen LogP contribution is -2.37. The first kappa shape index (κ1) is 15.5. The molecule has 0 radical (unpaired) electrons. The number of hydrogen-bond acceptors (Lipinski definition) is 5. The average molecular weight is 270 g/mol. The van der Waals surface area contributed by atoms with Gasteiger partial charge in [0.1, 0.15) is 5.60 Å². The van der Waals surface area contributed by atoms with Crippen molar-refractivity contribution >= 4 is 6.09 Å². The van der Waals surface area contributed by atoms with E-state index in [4.69, 9.17) is 10.5 Å². The summed E-state index contributed by atoms with van der Waals surface area (Å²) < 4.78 is 6.94. The molecule has 0 saturated heterocycles. The Morgan fingerprint density at radius 2 is 2.32 bits per heavy atom. The molecule has 7 nitrogen and oxygen atoms in total. The van der Waals surface area contributed by atoms with Crippen molar-refractivity contribution in [3.63, 3.8) is 0 Å². The molecule has 0 aromatic carbocycles. The van der Waals surface area contributed by atoms with Crippen molar-refractivity contribution in [1.82, 2.24) is 14.9 Å². The number of rotatable bonds is 5. The lowest BCUT2D eigenvalue weighted by Gasteiger charge is -2.23. The highest BCUT2D eigenvalue weighted by Crippen LogP contribution is 2.14. The molecular formula is C12H22N4O3. The third-order valence-electron chi connectivity index (χ3n) is 2.35. The number of imidazole rings is 1. The number of nitrogens with one attached hydrogen (secondary N) is 1. The van der Waals surface area contributed by atoms with Gasteiger partial charge in [-0.2, -0.15) is 0 Å². The Balaban J connectivity index is 2.72. The van der Waals surface area contributed by atoms with E-state index in [1.54, 1.807) is 37.9 Å². The number of aliphatic hydroxyl groups excluding tert-OH is 1. The van der Waals surface area contributed by atoms with Crippen LogP contribution in [-0.4, -0.2) is 39.5 Å². The fraction of sp³-hybridized carbons (Fsp3) is 0.667. The number of carbonyl (C=O) groups is 1.